The predicted octanol–water partition coefficient (Wildman–Crippen LogP) is 7.09. The number of benzene rings is 2. The predicted molar refractivity (Wildman–Crippen MR) is 159 cm³/mol. The lowest BCUT2D eigenvalue weighted by molar-refractivity contribution is -0.116. The molecule has 6 rings (SSSR count). The molecule has 1 atom stereocenters. The van der Waals surface area contributed by atoms with E-state index in [-0.39, 0.29) is 5.91 Å². The summed E-state index contributed by atoms with van der Waals surface area (Å²) in [5, 5.41) is 4.90. The number of likely N-dealkylation sites (tertiary alicyclic amines) is 1. The minimum absolute atomic E-state index is 0.0382. The van der Waals surface area contributed by atoms with Gasteiger partial charge in [-0.15, -0.1) is 0 Å². The molecule has 198 valence electrons. The Morgan fingerprint density at radius 3 is 2.59 bits per heavy atom. The lowest BCUT2D eigenvalue weighted by atomic mass is 9.88. The molecule has 1 amide bonds. The van der Waals surface area contributed by atoms with Crippen molar-refractivity contribution in [3.63, 3.8) is 0 Å². The molecule has 3 heterocycles. The zero-order valence-corrected chi connectivity index (χ0v) is 23.0. The van der Waals surface area contributed by atoms with Gasteiger partial charge in [0.25, 0.3) is 0 Å². The van der Waals surface area contributed by atoms with E-state index in [1.54, 1.807) is 6.20 Å². The number of anilines is 1. The number of fused-ring (bicyclic) bond motifs is 3. The van der Waals surface area contributed by atoms with E-state index in [0.29, 0.717) is 12.5 Å². The summed E-state index contributed by atoms with van der Waals surface area (Å²) in [6.07, 6.45) is 8.95. The van der Waals surface area contributed by atoms with E-state index in [0.717, 1.165) is 72.5 Å². The molecule has 1 aliphatic carbocycles. The Morgan fingerprint density at radius 2 is 1.72 bits per heavy atom. The van der Waals surface area contributed by atoms with Gasteiger partial charge in [-0.2, -0.15) is 0 Å². The highest BCUT2D eigenvalue weighted by atomic mass is 35.5. The summed E-state index contributed by atoms with van der Waals surface area (Å²) in [7, 11) is 0. The van der Waals surface area contributed by atoms with Crippen LogP contribution in [0.3, 0.4) is 0 Å². The summed E-state index contributed by atoms with van der Waals surface area (Å²) in [5.41, 5.74) is 9.44. The van der Waals surface area contributed by atoms with Crippen molar-refractivity contribution in [2.45, 2.75) is 51.5 Å². The van der Waals surface area contributed by atoms with Gasteiger partial charge < -0.3 is 10.2 Å². The molecular formula is C33H33ClN4O. The van der Waals surface area contributed by atoms with Crippen LogP contribution in [0.25, 0.3) is 16.5 Å². The maximum atomic E-state index is 12.8. The van der Waals surface area contributed by atoms with E-state index in [9.17, 15) is 4.79 Å². The fourth-order valence-electron chi connectivity index (χ4n) is 6.06. The van der Waals surface area contributed by atoms with Crippen LogP contribution >= 0.6 is 11.6 Å². The first-order valence-corrected chi connectivity index (χ1v) is 14.3. The number of nitrogens with zero attached hydrogens (tertiary/aromatic N) is 3. The maximum absolute atomic E-state index is 12.8. The van der Waals surface area contributed by atoms with E-state index in [1.807, 2.05) is 48.7 Å². The Bertz CT molecular complexity index is 1550. The highest BCUT2D eigenvalue weighted by Crippen LogP contribution is 2.38. The van der Waals surface area contributed by atoms with E-state index >= 15 is 0 Å². The molecular weight excluding hydrogens is 504 g/mol. The molecule has 0 bridgehead atoms. The third-order valence-electron chi connectivity index (χ3n) is 8.20. The van der Waals surface area contributed by atoms with Crippen LogP contribution in [0.15, 0.2) is 78.6 Å². The Balaban J connectivity index is 1.13. The van der Waals surface area contributed by atoms with Crippen LogP contribution in [0.1, 0.15) is 55.0 Å². The molecule has 2 aromatic carbocycles. The number of rotatable bonds is 5. The number of halogens is 1. The first-order valence-electron chi connectivity index (χ1n) is 13.9. The summed E-state index contributed by atoms with van der Waals surface area (Å²) >= 11 is 6.38. The van der Waals surface area contributed by atoms with Crippen LogP contribution in [-0.4, -0.2) is 39.9 Å². The highest BCUT2D eigenvalue weighted by molar-refractivity contribution is 6.30. The Kier molecular flexibility index (Phi) is 7.45. The zero-order chi connectivity index (χ0) is 26.8. The summed E-state index contributed by atoms with van der Waals surface area (Å²) in [6, 6.07) is 20.7. The zero-order valence-electron chi connectivity index (χ0n) is 22.3. The van der Waals surface area contributed by atoms with Gasteiger partial charge in [-0.05, 0) is 86.1 Å². The van der Waals surface area contributed by atoms with Crippen molar-refractivity contribution < 1.29 is 4.79 Å². The van der Waals surface area contributed by atoms with E-state index < -0.39 is 0 Å². The SMILES string of the molecule is CC(CCC(=O)Nc1cccc2cccnc12)N1CCC(=C2c3ccc(Cl)cc3CCc3cccnc32)CC1. The number of pyridine rings is 2. The van der Waals surface area contributed by atoms with Crippen LogP contribution in [0.4, 0.5) is 5.69 Å². The van der Waals surface area contributed by atoms with E-state index in [1.165, 1.54) is 27.8 Å². The van der Waals surface area contributed by atoms with Crippen LogP contribution < -0.4 is 5.32 Å². The second-order valence-corrected chi connectivity index (χ2v) is 11.1. The number of amides is 1. The molecule has 0 radical (unpaired) electrons. The highest BCUT2D eigenvalue weighted by Gasteiger charge is 2.26. The first-order chi connectivity index (χ1) is 19.1. The quantitative estimate of drug-likeness (QED) is 0.296. The number of nitrogens with one attached hydrogen (secondary N) is 1. The molecule has 0 spiro atoms. The van der Waals surface area contributed by atoms with Gasteiger partial charge in [0.15, 0.2) is 0 Å². The minimum atomic E-state index is 0.0382. The van der Waals surface area contributed by atoms with Crippen molar-refractivity contribution >= 4 is 39.7 Å². The normalized spacial score (nSPS) is 16.4. The summed E-state index contributed by atoms with van der Waals surface area (Å²) in [5.74, 6) is 0.0382. The molecule has 0 saturated carbocycles. The van der Waals surface area contributed by atoms with Crippen LogP contribution in [0.2, 0.25) is 5.02 Å². The van der Waals surface area contributed by atoms with Gasteiger partial charge in [0.05, 0.1) is 16.9 Å². The molecule has 1 aliphatic heterocycles. The Labute approximate surface area is 234 Å². The van der Waals surface area contributed by atoms with Gasteiger partial charge in [0, 0.05) is 53.9 Å². The van der Waals surface area contributed by atoms with Gasteiger partial charge in [-0.3, -0.25) is 14.8 Å². The number of aromatic nitrogens is 2. The van der Waals surface area contributed by atoms with E-state index in [2.05, 4.69) is 40.3 Å². The van der Waals surface area contributed by atoms with Crippen molar-refractivity contribution in [2.75, 3.05) is 18.4 Å². The number of aryl methyl sites for hydroxylation is 2. The first kappa shape index (κ1) is 25.7. The maximum Gasteiger partial charge on any atom is 0.224 e. The Morgan fingerprint density at radius 1 is 0.949 bits per heavy atom. The van der Waals surface area contributed by atoms with Gasteiger partial charge in [-0.25, -0.2) is 0 Å². The third-order valence-corrected chi connectivity index (χ3v) is 8.44. The lowest BCUT2D eigenvalue weighted by Crippen LogP contribution is -2.38. The second kappa shape index (κ2) is 11.3. The van der Waals surface area contributed by atoms with E-state index in [4.69, 9.17) is 16.6 Å². The summed E-state index contributed by atoms with van der Waals surface area (Å²) in [6.45, 7) is 4.21. The number of hydrogen-bond acceptors (Lipinski definition) is 4. The molecule has 1 N–H and O–H groups in total. The largest absolute Gasteiger partial charge is 0.324 e. The summed E-state index contributed by atoms with van der Waals surface area (Å²) < 4.78 is 0. The second-order valence-electron chi connectivity index (χ2n) is 10.6. The topological polar surface area (TPSA) is 58.1 Å². The van der Waals surface area contributed by atoms with Crippen LogP contribution in [-0.2, 0) is 17.6 Å². The lowest BCUT2D eigenvalue weighted by Gasteiger charge is -2.34. The number of carbonyl (C=O) groups excluding carboxylic acids is 1. The molecule has 4 aromatic rings. The third kappa shape index (κ3) is 5.47. The molecule has 1 saturated heterocycles. The molecule has 2 aliphatic rings. The van der Waals surface area contributed by atoms with Gasteiger partial charge >= 0.3 is 0 Å². The van der Waals surface area contributed by atoms with Crippen molar-refractivity contribution in [3.05, 3.63) is 106 Å². The monoisotopic (exact) mass is 536 g/mol. The van der Waals surface area contributed by atoms with Crippen molar-refractivity contribution in [3.8, 4) is 0 Å². The molecule has 2 aromatic heterocycles. The van der Waals surface area contributed by atoms with Crippen LogP contribution in [0, 0.1) is 0 Å². The van der Waals surface area contributed by atoms with Gasteiger partial charge in [0.1, 0.15) is 0 Å². The number of para-hydroxylation sites is 1. The number of piperidine rings is 1. The molecule has 1 unspecified atom stereocenters. The average molecular weight is 537 g/mol. The van der Waals surface area contributed by atoms with Gasteiger partial charge in [0.2, 0.25) is 5.91 Å². The average Bonchev–Trinajstić information content (AvgIpc) is 3.13. The molecule has 6 heteroatoms. The Hall–Kier alpha value is -3.54. The minimum Gasteiger partial charge on any atom is -0.324 e. The molecule has 5 nitrogen and oxygen atoms in total. The van der Waals surface area contributed by atoms with Crippen LogP contribution in [0.5, 0.6) is 0 Å². The number of carbonyl (C=O) groups is 1. The molecule has 39 heavy (non-hydrogen) atoms. The van der Waals surface area contributed by atoms with Crippen molar-refractivity contribution in [2.24, 2.45) is 0 Å². The number of hydrogen-bond donors (Lipinski definition) is 1. The van der Waals surface area contributed by atoms with Crippen molar-refractivity contribution in [1.29, 1.82) is 0 Å². The van der Waals surface area contributed by atoms with Crippen molar-refractivity contribution in [1.82, 2.24) is 14.9 Å². The summed E-state index contributed by atoms with van der Waals surface area (Å²) in [4.78, 5) is 24.6. The fourth-order valence-corrected chi connectivity index (χ4v) is 6.25. The smallest absolute Gasteiger partial charge is 0.224 e. The fraction of sp³-hybridized carbons (Fsp3) is 0.303. The standard InChI is InChI=1S/C33H33ClN4O/c1-22(9-14-30(39)37-29-8-2-5-24-6-3-17-35-32(24)29)38-19-15-23(16-20-38)31-28-13-12-27(34)21-26(28)11-10-25-7-4-18-36-33(25)31/h2-8,12-13,17-18,21-22H,9-11,14-16,19-20H2,1H3,(H,37,39). The molecule has 1 fully saturated rings. The van der Waals surface area contributed by atoms with Gasteiger partial charge in [-0.1, -0.05) is 47.5 Å².